The summed E-state index contributed by atoms with van der Waals surface area (Å²) in [6.07, 6.45) is 0.677. The van der Waals surface area contributed by atoms with Crippen molar-refractivity contribution < 1.29 is 22.6 Å². The highest BCUT2D eigenvalue weighted by Crippen LogP contribution is 2.25. The van der Waals surface area contributed by atoms with E-state index < -0.39 is 10.0 Å². The SMILES string of the molecule is CCc1cc(S(=O)(=O)NCc2cc(OC)ccc2OC)ccc1OC. The number of hydrogen-bond donors (Lipinski definition) is 1. The highest BCUT2D eigenvalue weighted by Gasteiger charge is 2.17. The van der Waals surface area contributed by atoms with Crippen LogP contribution < -0.4 is 18.9 Å². The number of nitrogens with one attached hydrogen (secondary N) is 1. The molecule has 2 aromatic carbocycles. The summed E-state index contributed by atoms with van der Waals surface area (Å²) in [6, 6.07) is 10.1. The first kappa shape index (κ1) is 19.1. The molecule has 0 heterocycles. The minimum Gasteiger partial charge on any atom is -0.497 e. The van der Waals surface area contributed by atoms with Crippen molar-refractivity contribution in [1.29, 1.82) is 0 Å². The molecular formula is C18H23NO5S. The minimum atomic E-state index is -3.66. The van der Waals surface area contributed by atoms with Crippen molar-refractivity contribution in [3.05, 3.63) is 47.5 Å². The Morgan fingerprint density at radius 3 is 2.12 bits per heavy atom. The molecule has 0 amide bonds. The van der Waals surface area contributed by atoms with Gasteiger partial charge >= 0.3 is 0 Å². The van der Waals surface area contributed by atoms with Crippen LogP contribution in [0.15, 0.2) is 41.3 Å². The summed E-state index contributed by atoms with van der Waals surface area (Å²) >= 11 is 0. The van der Waals surface area contributed by atoms with Gasteiger partial charge in [-0.1, -0.05) is 6.92 Å². The highest BCUT2D eigenvalue weighted by molar-refractivity contribution is 7.89. The molecule has 0 fully saturated rings. The highest BCUT2D eigenvalue weighted by atomic mass is 32.2. The third-order valence-corrected chi connectivity index (χ3v) is 5.28. The zero-order chi connectivity index (χ0) is 18.4. The van der Waals surface area contributed by atoms with E-state index >= 15 is 0 Å². The third kappa shape index (κ3) is 4.43. The fourth-order valence-electron chi connectivity index (χ4n) is 2.47. The topological polar surface area (TPSA) is 73.9 Å². The van der Waals surface area contributed by atoms with Crippen LogP contribution >= 0.6 is 0 Å². The van der Waals surface area contributed by atoms with Crippen molar-refractivity contribution >= 4 is 10.0 Å². The number of benzene rings is 2. The van der Waals surface area contributed by atoms with Crippen molar-refractivity contribution in [3.63, 3.8) is 0 Å². The van der Waals surface area contributed by atoms with Crippen LogP contribution in [0, 0.1) is 0 Å². The lowest BCUT2D eigenvalue weighted by Crippen LogP contribution is -2.23. The predicted molar refractivity (Wildman–Crippen MR) is 95.9 cm³/mol. The lowest BCUT2D eigenvalue weighted by atomic mass is 10.1. The van der Waals surface area contributed by atoms with Crippen molar-refractivity contribution in [3.8, 4) is 17.2 Å². The van der Waals surface area contributed by atoms with Gasteiger partial charge in [0.2, 0.25) is 10.0 Å². The summed E-state index contributed by atoms with van der Waals surface area (Å²) < 4.78 is 43.5. The Hall–Kier alpha value is -2.25. The average molecular weight is 365 g/mol. The lowest BCUT2D eigenvalue weighted by Gasteiger charge is -2.13. The summed E-state index contributed by atoms with van der Waals surface area (Å²) in [6.45, 7) is 2.04. The van der Waals surface area contributed by atoms with Gasteiger partial charge in [-0.3, -0.25) is 0 Å². The molecule has 0 unspecified atom stereocenters. The third-order valence-electron chi connectivity index (χ3n) is 3.88. The van der Waals surface area contributed by atoms with Gasteiger partial charge in [0.1, 0.15) is 17.2 Å². The van der Waals surface area contributed by atoms with Crippen LogP contribution in [-0.2, 0) is 23.0 Å². The number of sulfonamides is 1. The van der Waals surface area contributed by atoms with Gasteiger partial charge in [-0.25, -0.2) is 13.1 Å². The second kappa shape index (κ2) is 8.22. The molecule has 0 radical (unpaired) electrons. The van der Waals surface area contributed by atoms with Gasteiger partial charge in [0.15, 0.2) is 0 Å². The molecule has 7 heteroatoms. The summed E-state index contributed by atoms with van der Waals surface area (Å²) in [5.41, 5.74) is 1.53. The molecule has 25 heavy (non-hydrogen) atoms. The molecule has 0 aliphatic rings. The molecule has 1 N–H and O–H groups in total. The summed E-state index contributed by atoms with van der Waals surface area (Å²) in [7, 11) is 0.996. The average Bonchev–Trinajstić information content (AvgIpc) is 2.65. The van der Waals surface area contributed by atoms with E-state index in [-0.39, 0.29) is 11.4 Å². The quantitative estimate of drug-likeness (QED) is 0.779. The van der Waals surface area contributed by atoms with Gasteiger partial charge in [0.25, 0.3) is 0 Å². The van der Waals surface area contributed by atoms with E-state index in [0.29, 0.717) is 29.2 Å². The second-order valence-corrected chi connectivity index (χ2v) is 7.10. The van der Waals surface area contributed by atoms with E-state index in [0.717, 1.165) is 5.56 Å². The predicted octanol–water partition coefficient (Wildman–Crippen LogP) is 2.75. The monoisotopic (exact) mass is 365 g/mol. The van der Waals surface area contributed by atoms with Crippen molar-refractivity contribution in [2.75, 3.05) is 21.3 Å². The number of aryl methyl sites for hydroxylation is 1. The van der Waals surface area contributed by atoms with Crippen LogP contribution in [-0.4, -0.2) is 29.7 Å². The summed E-state index contributed by atoms with van der Waals surface area (Å²) in [4.78, 5) is 0.201. The smallest absolute Gasteiger partial charge is 0.240 e. The van der Waals surface area contributed by atoms with E-state index in [1.54, 1.807) is 44.6 Å². The van der Waals surface area contributed by atoms with E-state index in [2.05, 4.69) is 4.72 Å². The van der Waals surface area contributed by atoms with Crippen LogP contribution in [0.5, 0.6) is 17.2 Å². The first-order valence-electron chi connectivity index (χ1n) is 7.82. The maximum atomic E-state index is 12.6. The van der Waals surface area contributed by atoms with Crippen molar-refractivity contribution in [1.82, 2.24) is 4.72 Å². The summed E-state index contributed by atoms with van der Waals surface area (Å²) in [5, 5.41) is 0. The molecule has 0 atom stereocenters. The van der Waals surface area contributed by atoms with Crippen LogP contribution in [0.1, 0.15) is 18.1 Å². The Morgan fingerprint density at radius 1 is 0.880 bits per heavy atom. The number of methoxy groups -OCH3 is 3. The van der Waals surface area contributed by atoms with Gasteiger partial charge in [0.05, 0.1) is 26.2 Å². The van der Waals surface area contributed by atoms with Crippen LogP contribution in [0.25, 0.3) is 0 Å². The molecule has 0 aliphatic heterocycles. The van der Waals surface area contributed by atoms with Gasteiger partial charge in [-0.15, -0.1) is 0 Å². The molecule has 2 rings (SSSR count). The zero-order valence-electron chi connectivity index (χ0n) is 14.8. The largest absolute Gasteiger partial charge is 0.497 e. The normalized spacial score (nSPS) is 11.2. The molecule has 6 nitrogen and oxygen atoms in total. The van der Waals surface area contributed by atoms with Gasteiger partial charge < -0.3 is 14.2 Å². The van der Waals surface area contributed by atoms with Crippen LogP contribution in [0.2, 0.25) is 0 Å². The van der Waals surface area contributed by atoms with Crippen LogP contribution in [0.3, 0.4) is 0 Å². The Morgan fingerprint density at radius 2 is 1.52 bits per heavy atom. The van der Waals surface area contributed by atoms with Crippen LogP contribution in [0.4, 0.5) is 0 Å². The Balaban J connectivity index is 2.25. The first-order chi connectivity index (χ1) is 11.9. The second-order valence-electron chi connectivity index (χ2n) is 5.33. The van der Waals surface area contributed by atoms with Gasteiger partial charge in [-0.2, -0.15) is 0 Å². The van der Waals surface area contributed by atoms with E-state index in [1.165, 1.54) is 13.2 Å². The first-order valence-corrected chi connectivity index (χ1v) is 9.31. The lowest BCUT2D eigenvalue weighted by molar-refractivity contribution is 0.398. The van der Waals surface area contributed by atoms with E-state index in [9.17, 15) is 8.42 Å². The number of ether oxygens (including phenoxy) is 3. The Bertz CT molecular complexity index is 833. The Kier molecular flexibility index (Phi) is 6.27. The van der Waals surface area contributed by atoms with Crippen molar-refractivity contribution in [2.24, 2.45) is 0 Å². The molecule has 0 aliphatic carbocycles. The molecule has 0 bridgehead atoms. The fourth-order valence-corrected chi connectivity index (χ4v) is 3.53. The van der Waals surface area contributed by atoms with E-state index in [1.807, 2.05) is 6.92 Å². The standard InChI is InChI=1S/C18H23NO5S/c1-5-13-11-16(7-9-17(13)23-3)25(20,21)19-12-14-10-15(22-2)6-8-18(14)24-4/h6-11,19H,5,12H2,1-4H3. The molecule has 0 spiro atoms. The maximum Gasteiger partial charge on any atom is 0.240 e. The molecule has 0 saturated heterocycles. The zero-order valence-corrected chi connectivity index (χ0v) is 15.6. The molecule has 0 saturated carbocycles. The van der Waals surface area contributed by atoms with Gasteiger partial charge in [-0.05, 0) is 48.4 Å². The molecular weight excluding hydrogens is 342 g/mol. The number of hydrogen-bond acceptors (Lipinski definition) is 5. The summed E-state index contributed by atoms with van der Waals surface area (Å²) in [5.74, 6) is 1.90. The molecule has 136 valence electrons. The molecule has 2 aromatic rings. The Labute approximate surface area is 148 Å². The van der Waals surface area contributed by atoms with E-state index in [4.69, 9.17) is 14.2 Å². The van der Waals surface area contributed by atoms with Gasteiger partial charge in [0, 0.05) is 12.1 Å². The number of rotatable bonds is 8. The minimum absolute atomic E-state index is 0.0934. The maximum absolute atomic E-state index is 12.6. The molecule has 0 aromatic heterocycles. The van der Waals surface area contributed by atoms with Crippen molar-refractivity contribution in [2.45, 2.75) is 24.8 Å². The fraction of sp³-hybridized carbons (Fsp3) is 0.333.